The lowest BCUT2D eigenvalue weighted by Crippen LogP contribution is -2.22. The van der Waals surface area contributed by atoms with E-state index in [9.17, 15) is 13.2 Å². The fourth-order valence-electron chi connectivity index (χ4n) is 1.76. The predicted molar refractivity (Wildman–Crippen MR) is 86.9 cm³/mol. The number of hydrogen-bond donors (Lipinski definition) is 3. The first-order chi connectivity index (χ1) is 11.2. The molecule has 3 N–H and O–H groups in total. The maximum atomic E-state index is 13.0. The van der Waals surface area contributed by atoms with Crippen molar-refractivity contribution in [1.29, 1.82) is 0 Å². The van der Waals surface area contributed by atoms with E-state index in [1.165, 1.54) is 18.2 Å². The number of aromatic nitrogens is 2. The highest BCUT2D eigenvalue weighted by Crippen LogP contribution is 2.31. The van der Waals surface area contributed by atoms with Crippen LogP contribution in [0.2, 0.25) is 10.0 Å². The molecule has 0 amide bonds. The average molecular weight is 381 g/mol. The van der Waals surface area contributed by atoms with Crippen molar-refractivity contribution in [3.05, 3.63) is 40.0 Å². The second-order valence-electron chi connectivity index (χ2n) is 4.97. The number of hydrogen-bond acceptors (Lipinski definition) is 5. The number of rotatable bonds is 5. The van der Waals surface area contributed by atoms with Crippen molar-refractivity contribution in [1.82, 2.24) is 9.97 Å². The number of benzene rings is 1. The minimum Gasteiger partial charge on any atom is -0.394 e. The number of halogens is 5. The monoisotopic (exact) mass is 380 g/mol. The van der Waals surface area contributed by atoms with E-state index in [0.717, 1.165) is 6.07 Å². The zero-order chi connectivity index (χ0) is 17.9. The summed E-state index contributed by atoms with van der Waals surface area (Å²) < 4.78 is 39.0. The number of nitrogens with one attached hydrogen (secondary N) is 2. The molecule has 2 rings (SSSR count). The normalized spacial score (nSPS) is 12.8. The minimum absolute atomic E-state index is 0.0942. The summed E-state index contributed by atoms with van der Waals surface area (Å²) in [5.41, 5.74) is -0.749. The molecule has 5 nitrogen and oxygen atoms in total. The molecule has 0 aliphatic heterocycles. The molecule has 0 aliphatic carbocycles. The van der Waals surface area contributed by atoms with Crippen LogP contribution >= 0.6 is 23.2 Å². The molecule has 0 bridgehead atoms. The van der Waals surface area contributed by atoms with Gasteiger partial charge in [0.2, 0.25) is 5.95 Å². The predicted octanol–water partition coefficient (Wildman–Crippen LogP) is 4.34. The van der Waals surface area contributed by atoms with Crippen molar-refractivity contribution in [2.24, 2.45) is 0 Å². The molecule has 0 spiro atoms. The number of anilines is 3. The fourth-order valence-corrected chi connectivity index (χ4v) is 2.29. The zero-order valence-corrected chi connectivity index (χ0v) is 13.8. The van der Waals surface area contributed by atoms with Gasteiger partial charge in [-0.1, -0.05) is 23.2 Å². The third-order valence-electron chi connectivity index (χ3n) is 2.80. The van der Waals surface area contributed by atoms with Crippen LogP contribution in [0.1, 0.15) is 12.6 Å². The van der Waals surface area contributed by atoms with Gasteiger partial charge >= 0.3 is 6.18 Å². The van der Waals surface area contributed by atoms with Gasteiger partial charge in [-0.15, -0.1) is 0 Å². The van der Waals surface area contributed by atoms with Gasteiger partial charge in [-0.25, -0.2) is 4.98 Å². The van der Waals surface area contributed by atoms with Gasteiger partial charge in [0, 0.05) is 27.8 Å². The number of aliphatic hydroxyl groups excluding tert-OH is 1. The van der Waals surface area contributed by atoms with E-state index in [1.807, 2.05) is 0 Å². The Morgan fingerprint density at radius 2 is 1.75 bits per heavy atom. The van der Waals surface area contributed by atoms with Gasteiger partial charge < -0.3 is 15.7 Å². The molecule has 0 unspecified atom stereocenters. The van der Waals surface area contributed by atoms with Crippen LogP contribution in [0.3, 0.4) is 0 Å². The Balaban J connectivity index is 2.38. The van der Waals surface area contributed by atoms with E-state index in [2.05, 4.69) is 20.6 Å². The number of nitrogens with zero attached hydrogens (tertiary/aromatic N) is 2. The molecule has 0 aliphatic rings. The summed E-state index contributed by atoms with van der Waals surface area (Å²) in [6.07, 6.45) is -4.65. The lowest BCUT2D eigenvalue weighted by atomic mass is 10.3. The Labute approximate surface area is 145 Å². The van der Waals surface area contributed by atoms with Gasteiger partial charge in [-0.2, -0.15) is 18.2 Å². The summed E-state index contributed by atoms with van der Waals surface area (Å²) in [6, 6.07) is 4.73. The third kappa shape index (κ3) is 5.12. The summed E-state index contributed by atoms with van der Waals surface area (Å²) in [5, 5.41) is 14.9. The molecule has 10 heteroatoms. The second kappa shape index (κ2) is 7.42. The molecule has 0 saturated carbocycles. The van der Waals surface area contributed by atoms with Crippen LogP contribution in [0.15, 0.2) is 24.3 Å². The lowest BCUT2D eigenvalue weighted by Gasteiger charge is -2.15. The van der Waals surface area contributed by atoms with Crippen molar-refractivity contribution in [3.63, 3.8) is 0 Å². The third-order valence-corrected chi connectivity index (χ3v) is 3.24. The molecule has 24 heavy (non-hydrogen) atoms. The largest absolute Gasteiger partial charge is 0.433 e. The zero-order valence-electron chi connectivity index (χ0n) is 12.3. The SMILES string of the molecule is C[C@H](CO)Nc1nc(Nc2cc(Cl)cc(Cl)c2)cc(C(F)(F)F)n1. The molecule has 1 heterocycles. The van der Waals surface area contributed by atoms with E-state index < -0.39 is 17.9 Å². The summed E-state index contributed by atoms with van der Waals surface area (Å²) >= 11 is 11.7. The topological polar surface area (TPSA) is 70.1 Å². The van der Waals surface area contributed by atoms with Crippen molar-refractivity contribution in [2.45, 2.75) is 19.1 Å². The van der Waals surface area contributed by atoms with E-state index >= 15 is 0 Å². The van der Waals surface area contributed by atoms with Crippen LogP contribution in [0.5, 0.6) is 0 Å². The van der Waals surface area contributed by atoms with Crippen molar-refractivity contribution >= 4 is 40.7 Å². The molecular formula is C14H13Cl2F3N4O. The van der Waals surface area contributed by atoms with Gasteiger partial charge in [-0.05, 0) is 25.1 Å². The van der Waals surface area contributed by atoms with Gasteiger partial charge in [0.05, 0.1) is 6.61 Å². The number of alkyl halides is 3. The molecule has 0 saturated heterocycles. The lowest BCUT2D eigenvalue weighted by molar-refractivity contribution is -0.141. The first kappa shape index (κ1) is 18.6. The van der Waals surface area contributed by atoms with Gasteiger partial charge in [0.25, 0.3) is 0 Å². The van der Waals surface area contributed by atoms with Crippen LogP contribution in [0.4, 0.5) is 30.6 Å². The quantitative estimate of drug-likeness (QED) is 0.719. The van der Waals surface area contributed by atoms with Gasteiger partial charge in [0.1, 0.15) is 5.82 Å². The minimum atomic E-state index is -4.65. The highest BCUT2D eigenvalue weighted by molar-refractivity contribution is 6.35. The Kier molecular flexibility index (Phi) is 5.74. The molecule has 130 valence electrons. The van der Waals surface area contributed by atoms with Crippen LogP contribution in [0, 0.1) is 0 Å². The smallest absolute Gasteiger partial charge is 0.394 e. The van der Waals surface area contributed by atoms with Crippen LogP contribution in [-0.4, -0.2) is 27.7 Å². The molecular weight excluding hydrogens is 368 g/mol. The first-order valence-corrected chi connectivity index (χ1v) is 7.50. The molecule has 1 aromatic carbocycles. The highest BCUT2D eigenvalue weighted by Gasteiger charge is 2.34. The van der Waals surface area contributed by atoms with Crippen LogP contribution < -0.4 is 10.6 Å². The van der Waals surface area contributed by atoms with Gasteiger partial charge in [0.15, 0.2) is 5.69 Å². The summed E-state index contributed by atoms with van der Waals surface area (Å²) in [6.45, 7) is 1.29. The standard InChI is InChI=1S/C14H13Cl2F3N4O/c1-7(6-24)20-13-22-11(14(17,18)19)5-12(23-13)21-10-3-8(15)2-9(16)4-10/h2-5,7,24H,6H2,1H3,(H2,20,21,22,23)/t7-/m1/s1. The summed E-state index contributed by atoms with van der Waals surface area (Å²) in [5.74, 6) is -0.356. The van der Waals surface area contributed by atoms with E-state index in [4.69, 9.17) is 28.3 Å². The molecule has 2 aromatic rings. The van der Waals surface area contributed by atoms with Crippen molar-refractivity contribution < 1.29 is 18.3 Å². The van der Waals surface area contributed by atoms with Crippen molar-refractivity contribution in [3.8, 4) is 0 Å². The van der Waals surface area contributed by atoms with E-state index in [0.29, 0.717) is 15.7 Å². The summed E-state index contributed by atoms with van der Waals surface area (Å²) in [7, 11) is 0. The Bertz CT molecular complexity index is 707. The first-order valence-electron chi connectivity index (χ1n) is 6.74. The highest BCUT2D eigenvalue weighted by atomic mass is 35.5. The molecule has 1 aromatic heterocycles. The molecule has 0 fully saturated rings. The second-order valence-corrected chi connectivity index (χ2v) is 5.84. The fraction of sp³-hybridized carbons (Fsp3) is 0.286. The number of aliphatic hydroxyl groups is 1. The molecule has 0 radical (unpaired) electrons. The maximum absolute atomic E-state index is 13.0. The van der Waals surface area contributed by atoms with E-state index in [1.54, 1.807) is 6.92 Å². The Hall–Kier alpha value is -1.77. The Morgan fingerprint density at radius 3 is 2.29 bits per heavy atom. The van der Waals surface area contributed by atoms with Crippen molar-refractivity contribution in [2.75, 3.05) is 17.2 Å². The van der Waals surface area contributed by atoms with Crippen LogP contribution in [0.25, 0.3) is 0 Å². The van der Waals surface area contributed by atoms with E-state index in [-0.39, 0.29) is 18.4 Å². The van der Waals surface area contributed by atoms with Gasteiger partial charge in [-0.3, -0.25) is 0 Å². The maximum Gasteiger partial charge on any atom is 0.433 e. The summed E-state index contributed by atoms with van der Waals surface area (Å²) in [4.78, 5) is 7.38. The Morgan fingerprint density at radius 1 is 1.12 bits per heavy atom. The molecule has 1 atom stereocenters. The average Bonchev–Trinajstić information content (AvgIpc) is 2.44. The van der Waals surface area contributed by atoms with Crippen LogP contribution in [-0.2, 0) is 6.18 Å².